The van der Waals surface area contributed by atoms with Gasteiger partial charge in [0.15, 0.2) is 0 Å². The van der Waals surface area contributed by atoms with E-state index in [1.165, 1.54) is 25.3 Å². The normalized spacial score (nSPS) is 17.0. The summed E-state index contributed by atoms with van der Waals surface area (Å²) in [7, 11) is 1.31. The molecule has 0 aromatic heterocycles. The summed E-state index contributed by atoms with van der Waals surface area (Å²) in [5, 5.41) is 3.35. The molecule has 0 spiro atoms. The van der Waals surface area contributed by atoms with Gasteiger partial charge in [0.05, 0.1) is 12.7 Å². The van der Waals surface area contributed by atoms with Crippen molar-refractivity contribution in [3.8, 4) is 0 Å². The van der Waals surface area contributed by atoms with Crippen LogP contribution in [0.5, 0.6) is 0 Å². The van der Waals surface area contributed by atoms with Gasteiger partial charge in [-0.05, 0) is 19.1 Å². The molecule has 0 radical (unpaired) electrons. The van der Waals surface area contributed by atoms with Gasteiger partial charge in [-0.1, -0.05) is 48.0 Å². The van der Waals surface area contributed by atoms with Crippen LogP contribution in [0.2, 0.25) is 5.02 Å². The number of rotatable bonds is 3. The van der Waals surface area contributed by atoms with Gasteiger partial charge in [-0.2, -0.15) is 0 Å². The van der Waals surface area contributed by atoms with E-state index in [-0.39, 0.29) is 5.02 Å². The monoisotopic (exact) mass is 358 g/mol. The molecule has 3 rings (SSSR count). The molecule has 0 saturated heterocycles. The van der Waals surface area contributed by atoms with Crippen LogP contribution in [0, 0.1) is 5.82 Å². The number of halogens is 2. The first kappa shape index (κ1) is 17.2. The van der Waals surface area contributed by atoms with Crippen molar-refractivity contribution in [1.82, 2.24) is 5.32 Å². The number of hydrogen-bond acceptors (Lipinski definition) is 4. The topological polar surface area (TPSA) is 50.7 Å². The number of ether oxygens (including phenoxy) is 1. The minimum atomic E-state index is -0.683. The molecule has 1 aliphatic heterocycles. The smallest absolute Gasteiger partial charge is 0.338 e. The summed E-state index contributed by atoms with van der Waals surface area (Å²) in [5.74, 6) is -0.349. The third kappa shape index (κ3) is 3.42. The van der Waals surface area contributed by atoms with Crippen molar-refractivity contribution in [3.05, 3.63) is 81.8 Å². The second kappa shape index (κ2) is 7.07. The molecule has 1 aliphatic rings. The second-order valence-corrected chi connectivity index (χ2v) is 5.97. The van der Waals surface area contributed by atoms with Gasteiger partial charge in [0.1, 0.15) is 17.7 Å². The van der Waals surface area contributed by atoms with Crippen LogP contribution in [-0.4, -0.2) is 18.9 Å². The highest BCUT2D eigenvalue weighted by Crippen LogP contribution is 2.36. The molecule has 25 heavy (non-hydrogen) atoms. The third-order valence-corrected chi connectivity index (χ3v) is 4.28. The number of nitrogens with zero attached hydrogens (tertiary/aromatic N) is 1. The van der Waals surface area contributed by atoms with E-state index in [4.69, 9.17) is 16.3 Å². The number of nitrogens with one attached hydrogen (secondary N) is 1. The van der Waals surface area contributed by atoms with Gasteiger partial charge in [-0.25, -0.2) is 9.18 Å². The zero-order chi connectivity index (χ0) is 18.0. The summed E-state index contributed by atoms with van der Waals surface area (Å²) in [5.41, 5.74) is 2.37. The summed E-state index contributed by atoms with van der Waals surface area (Å²) in [4.78, 5) is 16.9. The number of methoxy groups -OCH3 is 1. The van der Waals surface area contributed by atoms with Crippen LogP contribution in [0.3, 0.4) is 0 Å². The average Bonchev–Trinajstić information content (AvgIpc) is 2.61. The SMILES string of the molecule is COC(=O)C1=C(C)NC(c2ccccc2)=N[C@H]1c1ccc(F)cc1Cl. The van der Waals surface area contributed by atoms with Crippen LogP contribution in [0.15, 0.2) is 64.8 Å². The maximum absolute atomic E-state index is 13.4. The summed E-state index contributed by atoms with van der Waals surface area (Å²) >= 11 is 6.21. The maximum atomic E-state index is 13.4. The number of carbonyl (C=O) groups is 1. The summed E-state index contributed by atoms with van der Waals surface area (Å²) in [6.45, 7) is 1.77. The fourth-order valence-corrected chi connectivity index (χ4v) is 3.01. The summed E-state index contributed by atoms with van der Waals surface area (Å²) < 4.78 is 18.3. The van der Waals surface area contributed by atoms with E-state index >= 15 is 0 Å². The van der Waals surface area contributed by atoms with Crippen molar-refractivity contribution >= 4 is 23.4 Å². The quantitative estimate of drug-likeness (QED) is 0.843. The van der Waals surface area contributed by atoms with Crippen molar-refractivity contribution in [3.63, 3.8) is 0 Å². The largest absolute Gasteiger partial charge is 0.466 e. The Morgan fingerprint density at radius 2 is 1.96 bits per heavy atom. The molecule has 0 amide bonds. The number of benzene rings is 2. The Morgan fingerprint density at radius 3 is 2.60 bits per heavy atom. The van der Waals surface area contributed by atoms with Crippen LogP contribution in [0.4, 0.5) is 4.39 Å². The third-order valence-electron chi connectivity index (χ3n) is 3.95. The standard InChI is InChI=1S/C19H16ClFN2O2/c1-11-16(19(24)25-2)17(14-9-8-13(21)10-15(14)20)23-18(22-11)12-6-4-3-5-7-12/h3-10,17H,1-2H3,(H,22,23)/t17-/m0/s1. The zero-order valence-corrected chi connectivity index (χ0v) is 14.5. The van der Waals surface area contributed by atoms with E-state index in [9.17, 15) is 9.18 Å². The molecule has 0 fully saturated rings. The van der Waals surface area contributed by atoms with Gasteiger partial charge in [-0.15, -0.1) is 0 Å². The minimum absolute atomic E-state index is 0.206. The molecule has 0 bridgehead atoms. The molecule has 0 unspecified atom stereocenters. The molecule has 1 heterocycles. The van der Waals surface area contributed by atoms with Crippen molar-refractivity contribution in [2.24, 2.45) is 4.99 Å². The lowest BCUT2D eigenvalue weighted by atomic mass is 9.95. The molecule has 1 N–H and O–H groups in total. The van der Waals surface area contributed by atoms with Crippen molar-refractivity contribution in [1.29, 1.82) is 0 Å². The maximum Gasteiger partial charge on any atom is 0.338 e. The van der Waals surface area contributed by atoms with Gasteiger partial charge in [0, 0.05) is 21.8 Å². The second-order valence-electron chi connectivity index (χ2n) is 5.57. The highest BCUT2D eigenvalue weighted by atomic mass is 35.5. The highest BCUT2D eigenvalue weighted by Gasteiger charge is 2.31. The van der Waals surface area contributed by atoms with Crippen molar-refractivity contribution in [2.75, 3.05) is 7.11 Å². The number of amidine groups is 1. The molecule has 0 saturated carbocycles. The van der Waals surface area contributed by atoms with Crippen LogP contribution in [-0.2, 0) is 9.53 Å². The Kier molecular flexibility index (Phi) is 4.86. The van der Waals surface area contributed by atoms with E-state index in [0.717, 1.165) is 5.56 Å². The molecule has 2 aromatic rings. The number of carbonyl (C=O) groups excluding carboxylic acids is 1. The number of allylic oxidation sites excluding steroid dienone is 1. The Bertz CT molecular complexity index is 878. The van der Waals surface area contributed by atoms with Gasteiger partial charge in [0.2, 0.25) is 0 Å². The first-order valence-electron chi connectivity index (χ1n) is 7.65. The fraction of sp³-hybridized carbons (Fsp3) is 0.158. The highest BCUT2D eigenvalue weighted by molar-refractivity contribution is 6.31. The number of aliphatic imine (C=N–C) groups is 1. The zero-order valence-electron chi connectivity index (χ0n) is 13.7. The lowest BCUT2D eigenvalue weighted by molar-refractivity contribution is -0.136. The molecule has 0 aliphatic carbocycles. The van der Waals surface area contributed by atoms with Gasteiger partial charge in [-0.3, -0.25) is 4.99 Å². The van der Waals surface area contributed by atoms with Gasteiger partial charge >= 0.3 is 5.97 Å². The van der Waals surface area contributed by atoms with E-state index in [0.29, 0.717) is 22.7 Å². The molecule has 2 aromatic carbocycles. The predicted molar refractivity (Wildman–Crippen MR) is 95.0 cm³/mol. The average molecular weight is 359 g/mol. The van der Waals surface area contributed by atoms with Crippen LogP contribution in [0.1, 0.15) is 24.1 Å². The molecule has 128 valence electrons. The lowest BCUT2D eigenvalue weighted by Gasteiger charge is -2.26. The van der Waals surface area contributed by atoms with E-state index in [1.807, 2.05) is 30.3 Å². The van der Waals surface area contributed by atoms with Crippen molar-refractivity contribution < 1.29 is 13.9 Å². The molecular weight excluding hydrogens is 343 g/mol. The molecule has 1 atom stereocenters. The first-order chi connectivity index (χ1) is 12.0. The Balaban J connectivity index is 2.14. The molecule has 6 heteroatoms. The van der Waals surface area contributed by atoms with Crippen LogP contribution in [0.25, 0.3) is 0 Å². The summed E-state index contributed by atoms with van der Waals surface area (Å²) in [6, 6.07) is 12.9. The fourth-order valence-electron chi connectivity index (χ4n) is 2.74. The Morgan fingerprint density at radius 1 is 1.24 bits per heavy atom. The summed E-state index contributed by atoms with van der Waals surface area (Å²) in [6.07, 6.45) is 0. The van der Waals surface area contributed by atoms with Crippen molar-refractivity contribution in [2.45, 2.75) is 13.0 Å². The predicted octanol–water partition coefficient (Wildman–Crippen LogP) is 4.02. The van der Waals surface area contributed by atoms with E-state index in [2.05, 4.69) is 10.3 Å². The Labute approximate surface area is 150 Å². The van der Waals surface area contributed by atoms with Crippen LogP contribution < -0.4 is 5.32 Å². The first-order valence-corrected chi connectivity index (χ1v) is 8.03. The number of hydrogen-bond donors (Lipinski definition) is 1. The van der Waals surface area contributed by atoms with E-state index < -0.39 is 17.8 Å². The molecule has 4 nitrogen and oxygen atoms in total. The molecular formula is C19H16ClFN2O2. The lowest BCUT2D eigenvalue weighted by Crippen LogP contribution is -2.32. The van der Waals surface area contributed by atoms with Gasteiger partial charge < -0.3 is 10.1 Å². The Hall–Kier alpha value is -2.66. The van der Waals surface area contributed by atoms with E-state index in [1.54, 1.807) is 6.92 Å². The van der Waals surface area contributed by atoms with Gasteiger partial charge in [0.25, 0.3) is 0 Å². The van der Waals surface area contributed by atoms with Crippen LogP contribution >= 0.6 is 11.6 Å². The number of esters is 1. The minimum Gasteiger partial charge on any atom is -0.466 e.